The Kier molecular flexibility index (Phi) is 11.0. The number of allylic oxidation sites excluding steroid dienone is 2. The Bertz CT molecular complexity index is 155. The summed E-state index contributed by atoms with van der Waals surface area (Å²) in [5.41, 5.74) is 0. The topological polar surface area (TPSA) is 0 Å². The molecule has 96 valence electrons. The van der Waals surface area contributed by atoms with Crippen molar-refractivity contribution in [2.24, 2.45) is 11.8 Å². The molecule has 0 aliphatic carbocycles. The van der Waals surface area contributed by atoms with Gasteiger partial charge in [0.2, 0.25) is 0 Å². The third-order valence-corrected chi connectivity index (χ3v) is 3.14. The molecule has 0 aromatic heterocycles. The van der Waals surface area contributed by atoms with E-state index in [0.717, 1.165) is 11.8 Å². The maximum atomic E-state index is 2.42. The van der Waals surface area contributed by atoms with Crippen molar-refractivity contribution in [1.29, 1.82) is 0 Å². The highest BCUT2D eigenvalue weighted by Gasteiger charge is 1.99. The number of hydrogen-bond donors (Lipinski definition) is 0. The lowest BCUT2D eigenvalue weighted by Gasteiger charge is -2.08. The summed E-state index contributed by atoms with van der Waals surface area (Å²) in [4.78, 5) is 0. The van der Waals surface area contributed by atoms with Crippen molar-refractivity contribution >= 4 is 0 Å². The third-order valence-electron chi connectivity index (χ3n) is 3.14. The Morgan fingerprint density at radius 1 is 0.875 bits per heavy atom. The van der Waals surface area contributed by atoms with Gasteiger partial charge in [0, 0.05) is 0 Å². The molecule has 0 saturated carbocycles. The molecule has 0 aromatic carbocycles. The van der Waals surface area contributed by atoms with Crippen molar-refractivity contribution in [3.63, 3.8) is 0 Å². The SMILES string of the molecule is CCCCCCCC=CC(C)CCC(C)C. The van der Waals surface area contributed by atoms with Crippen LogP contribution in [0, 0.1) is 11.8 Å². The molecule has 0 nitrogen and oxygen atoms in total. The van der Waals surface area contributed by atoms with Crippen LogP contribution in [0.25, 0.3) is 0 Å². The zero-order chi connectivity index (χ0) is 12.2. The summed E-state index contributed by atoms with van der Waals surface area (Å²) >= 11 is 0. The zero-order valence-corrected chi connectivity index (χ0v) is 12.0. The Balaban J connectivity index is 3.31. The van der Waals surface area contributed by atoms with Crippen LogP contribution in [0.3, 0.4) is 0 Å². The second kappa shape index (κ2) is 11.2. The van der Waals surface area contributed by atoms with Gasteiger partial charge >= 0.3 is 0 Å². The quantitative estimate of drug-likeness (QED) is 0.316. The second-order valence-corrected chi connectivity index (χ2v) is 5.58. The molecule has 0 rings (SSSR count). The smallest absolute Gasteiger partial charge is 0.0262 e. The van der Waals surface area contributed by atoms with Crippen LogP contribution < -0.4 is 0 Å². The summed E-state index contributed by atoms with van der Waals surface area (Å²) in [5.74, 6) is 1.63. The van der Waals surface area contributed by atoms with E-state index in [0.29, 0.717) is 0 Å². The second-order valence-electron chi connectivity index (χ2n) is 5.58. The fourth-order valence-corrected chi connectivity index (χ4v) is 1.89. The minimum absolute atomic E-state index is 0.776. The van der Waals surface area contributed by atoms with Gasteiger partial charge in [0.25, 0.3) is 0 Å². The lowest BCUT2D eigenvalue weighted by atomic mass is 9.98. The first-order chi connectivity index (χ1) is 7.66. The third kappa shape index (κ3) is 11.8. The molecular formula is C16H32. The molecular weight excluding hydrogens is 192 g/mol. The first-order valence-corrected chi connectivity index (χ1v) is 7.33. The molecule has 0 amide bonds. The van der Waals surface area contributed by atoms with Crippen molar-refractivity contribution in [1.82, 2.24) is 0 Å². The van der Waals surface area contributed by atoms with E-state index in [4.69, 9.17) is 0 Å². The van der Waals surface area contributed by atoms with Crippen molar-refractivity contribution in [3.05, 3.63) is 12.2 Å². The van der Waals surface area contributed by atoms with E-state index in [1.54, 1.807) is 0 Å². The Hall–Kier alpha value is -0.260. The van der Waals surface area contributed by atoms with Crippen molar-refractivity contribution in [2.45, 2.75) is 79.1 Å². The molecule has 0 N–H and O–H groups in total. The molecule has 1 unspecified atom stereocenters. The van der Waals surface area contributed by atoms with Gasteiger partial charge < -0.3 is 0 Å². The molecule has 0 aliphatic heterocycles. The molecule has 0 heterocycles. The molecule has 1 atom stereocenters. The van der Waals surface area contributed by atoms with E-state index in [9.17, 15) is 0 Å². The summed E-state index contributed by atoms with van der Waals surface area (Å²) in [6.45, 7) is 9.24. The van der Waals surface area contributed by atoms with Gasteiger partial charge in [-0.3, -0.25) is 0 Å². The van der Waals surface area contributed by atoms with E-state index in [-0.39, 0.29) is 0 Å². The summed E-state index contributed by atoms with van der Waals surface area (Å²) in [6, 6.07) is 0. The van der Waals surface area contributed by atoms with Crippen LogP contribution in [0.1, 0.15) is 79.1 Å². The molecule has 0 heteroatoms. The van der Waals surface area contributed by atoms with E-state index in [1.165, 1.54) is 51.4 Å². The molecule has 16 heavy (non-hydrogen) atoms. The highest BCUT2D eigenvalue weighted by molar-refractivity contribution is 4.86. The molecule has 0 spiro atoms. The normalized spacial score (nSPS) is 13.8. The predicted molar refractivity (Wildman–Crippen MR) is 75.8 cm³/mol. The maximum absolute atomic E-state index is 2.42. The van der Waals surface area contributed by atoms with Gasteiger partial charge in [-0.05, 0) is 31.1 Å². The Labute approximate surface area is 104 Å². The van der Waals surface area contributed by atoms with Crippen LogP contribution in [0.15, 0.2) is 12.2 Å². The van der Waals surface area contributed by atoms with E-state index < -0.39 is 0 Å². The summed E-state index contributed by atoms with van der Waals surface area (Å²) < 4.78 is 0. The van der Waals surface area contributed by atoms with Crippen molar-refractivity contribution < 1.29 is 0 Å². The Morgan fingerprint density at radius 3 is 2.19 bits per heavy atom. The van der Waals surface area contributed by atoms with Gasteiger partial charge in [0.15, 0.2) is 0 Å². The average Bonchev–Trinajstić information content (AvgIpc) is 2.25. The summed E-state index contributed by atoms with van der Waals surface area (Å²) in [7, 11) is 0. The van der Waals surface area contributed by atoms with Gasteiger partial charge in [0.1, 0.15) is 0 Å². The highest BCUT2D eigenvalue weighted by Crippen LogP contribution is 2.13. The molecule has 0 radical (unpaired) electrons. The predicted octanol–water partition coefficient (Wildman–Crippen LogP) is 5.98. The van der Waals surface area contributed by atoms with Crippen LogP contribution in [0.4, 0.5) is 0 Å². The molecule has 0 fully saturated rings. The van der Waals surface area contributed by atoms with Crippen LogP contribution in [-0.4, -0.2) is 0 Å². The number of hydrogen-bond acceptors (Lipinski definition) is 0. The fraction of sp³-hybridized carbons (Fsp3) is 0.875. The van der Waals surface area contributed by atoms with Gasteiger partial charge in [-0.25, -0.2) is 0 Å². The monoisotopic (exact) mass is 224 g/mol. The van der Waals surface area contributed by atoms with Gasteiger partial charge in [-0.1, -0.05) is 72.0 Å². The molecule has 0 aliphatic rings. The van der Waals surface area contributed by atoms with Gasteiger partial charge in [-0.2, -0.15) is 0 Å². The Morgan fingerprint density at radius 2 is 1.56 bits per heavy atom. The van der Waals surface area contributed by atoms with E-state index >= 15 is 0 Å². The first-order valence-electron chi connectivity index (χ1n) is 7.33. The van der Waals surface area contributed by atoms with Crippen LogP contribution in [0.5, 0.6) is 0 Å². The standard InChI is InChI=1S/C16H32/c1-5-6-7-8-9-10-11-12-16(4)14-13-15(2)3/h11-12,15-16H,5-10,13-14H2,1-4H3. The molecule has 0 aromatic rings. The zero-order valence-electron chi connectivity index (χ0n) is 12.0. The lowest BCUT2D eigenvalue weighted by Crippen LogP contribution is -1.94. The average molecular weight is 224 g/mol. The van der Waals surface area contributed by atoms with Crippen molar-refractivity contribution in [3.8, 4) is 0 Å². The minimum Gasteiger partial charge on any atom is -0.0883 e. The molecule has 0 bridgehead atoms. The van der Waals surface area contributed by atoms with E-state index in [1.807, 2.05) is 0 Å². The number of rotatable bonds is 10. The number of unbranched alkanes of at least 4 members (excludes halogenated alkanes) is 5. The van der Waals surface area contributed by atoms with Gasteiger partial charge in [-0.15, -0.1) is 0 Å². The van der Waals surface area contributed by atoms with Crippen molar-refractivity contribution in [2.75, 3.05) is 0 Å². The molecule has 0 saturated heterocycles. The summed E-state index contributed by atoms with van der Waals surface area (Å²) in [6.07, 6.45) is 15.8. The largest absolute Gasteiger partial charge is 0.0883 e. The van der Waals surface area contributed by atoms with Crippen LogP contribution >= 0.6 is 0 Å². The van der Waals surface area contributed by atoms with Crippen LogP contribution in [0.2, 0.25) is 0 Å². The van der Waals surface area contributed by atoms with Crippen LogP contribution in [-0.2, 0) is 0 Å². The summed E-state index contributed by atoms with van der Waals surface area (Å²) in [5, 5.41) is 0. The minimum atomic E-state index is 0.776. The fourth-order valence-electron chi connectivity index (χ4n) is 1.89. The van der Waals surface area contributed by atoms with Gasteiger partial charge in [0.05, 0.1) is 0 Å². The maximum Gasteiger partial charge on any atom is -0.0262 e. The highest BCUT2D eigenvalue weighted by atomic mass is 14.0. The first kappa shape index (κ1) is 15.7. The lowest BCUT2D eigenvalue weighted by molar-refractivity contribution is 0.501. The van der Waals surface area contributed by atoms with E-state index in [2.05, 4.69) is 39.8 Å².